The number of nitrogens with zero attached hydrogens (tertiary/aromatic N) is 2. The molecule has 0 spiro atoms. The lowest BCUT2D eigenvalue weighted by Gasteiger charge is -2.34. The van der Waals surface area contributed by atoms with Crippen LogP contribution in [0.4, 0.5) is 4.79 Å². The van der Waals surface area contributed by atoms with Gasteiger partial charge >= 0.3 is 6.09 Å². The van der Waals surface area contributed by atoms with Crippen LogP contribution in [-0.2, 0) is 14.8 Å². The molecule has 0 unspecified atom stereocenters. The number of rotatable bonds is 3. The fourth-order valence-corrected chi connectivity index (χ4v) is 3.44. The number of hydrogen-bond acceptors (Lipinski definition) is 4. The molecule has 1 fully saturated rings. The number of carbonyl (C=O) groups excluding carboxylic acids is 1. The molecular weight excluding hydrogens is 328 g/mol. The Morgan fingerprint density at radius 1 is 1.08 bits per heavy atom. The number of hydrogen-bond donors (Lipinski definition) is 0. The van der Waals surface area contributed by atoms with Crippen LogP contribution in [0, 0.1) is 0 Å². The van der Waals surface area contributed by atoms with Crippen LogP contribution >= 0.6 is 0 Å². The minimum absolute atomic E-state index is 0.265. The van der Waals surface area contributed by atoms with E-state index in [-0.39, 0.29) is 13.1 Å². The van der Waals surface area contributed by atoms with Gasteiger partial charge in [-0.2, -0.15) is 4.31 Å². The molecule has 0 saturated carbocycles. The van der Waals surface area contributed by atoms with E-state index in [4.69, 9.17) is 4.74 Å². The molecule has 0 radical (unpaired) electrons. The van der Waals surface area contributed by atoms with Crippen LogP contribution in [0.15, 0.2) is 35.7 Å². The summed E-state index contributed by atoms with van der Waals surface area (Å²) >= 11 is 0. The first-order valence-corrected chi connectivity index (χ1v) is 9.39. The number of amides is 1. The first kappa shape index (κ1) is 18.5. The van der Waals surface area contributed by atoms with Crippen LogP contribution in [-0.4, -0.2) is 55.5 Å². The molecular formula is C17H24N2O4S. The summed E-state index contributed by atoms with van der Waals surface area (Å²) in [6.07, 6.45) is 1.18. The van der Waals surface area contributed by atoms with E-state index in [2.05, 4.69) is 0 Å². The van der Waals surface area contributed by atoms with Gasteiger partial charge in [-0.15, -0.1) is 0 Å². The van der Waals surface area contributed by atoms with Crippen molar-refractivity contribution in [1.82, 2.24) is 9.21 Å². The van der Waals surface area contributed by atoms with Crippen molar-refractivity contribution in [2.45, 2.75) is 26.4 Å². The topological polar surface area (TPSA) is 66.9 Å². The normalized spacial score (nSPS) is 17.2. The lowest BCUT2D eigenvalue weighted by atomic mass is 10.2. The third-order valence-corrected chi connectivity index (χ3v) is 5.05. The molecule has 0 bridgehead atoms. The Morgan fingerprint density at radius 3 is 2.21 bits per heavy atom. The van der Waals surface area contributed by atoms with Crippen molar-refractivity contribution in [3.63, 3.8) is 0 Å². The van der Waals surface area contributed by atoms with Crippen LogP contribution in [0.2, 0.25) is 0 Å². The summed E-state index contributed by atoms with van der Waals surface area (Å²) in [7, 11) is -3.49. The van der Waals surface area contributed by atoms with Gasteiger partial charge in [-0.25, -0.2) is 13.2 Å². The van der Waals surface area contributed by atoms with E-state index in [1.54, 1.807) is 26.8 Å². The lowest BCUT2D eigenvalue weighted by Crippen LogP contribution is -2.51. The molecule has 1 amide bonds. The predicted molar refractivity (Wildman–Crippen MR) is 93.8 cm³/mol. The van der Waals surface area contributed by atoms with Gasteiger partial charge < -0.3 is 9.64 Å². The SMILES string of the molecule is CC(C)(C)OC(=O)N1CCN(S(=O)(=O)/C=C/c2ccccc2)CC1. The van der Waals surface area contributed by atoms with Gasteiger partial charge in [0.15, 0.2) is 0 Å². The third-order valence-electron chi connectivity index (χ3n) is 3.48. The molecule has 1 aliphatic heterocycles. The Balaban J connectivity index is 1.93. The first-order valence-electron chi connectivity index (χ1n) is 7.89. The number of sulfonamides is 1. The van der Waals surface area contributed by atoms with Crippen LogP contribution < -0.4 is 0 Å². The lowest BCUT2D eigenvalue weighted by molar-refractivity contribution is 0.0193. The average Bonchev–Trinajstić information content (AvgIpc) is 2.53. The second kappa shape index (κ2) is 7.36. The summed E-state index contributed by atoms with van der Waals surface area (Å²) in [5, 5.41) is 1.21. The average molecular weight is 352 g/mol. The minimum atomic E-state index is -3.49. The highest BCUT2D eigenvalue weighted by Crippen LogP contribution is 2.15. The van der Waals surface area contributed by atoms with Gasteiger partial charge in [-0.1, -0.05) is 30.3 Å². The number of piperazine rings is 1. The van der Waals surface area contributed by atoms with Crippen LogP contribution in [0.25, 0.3) is 6.08 Å². The summed E-state index contributed by atoms with van der Waals surface area (Å²) in [5.74, 6) is 0. The quantitative estimate of drug-likeness (QED) is 0.838. The van der Waals surface area contributed by atoms with E-state index < -0.39 is 21.7 Å². The van der Waals surface area contributed by atoms with Crippen molar-refractivity contribution in [3.8, 4) is 0 Å². The molecule has 0 aromatic heterocycles. The van der Waals surface area contributed by atoms with E-state index in [0.29, 0.717) is 13.1 Å². The molecule has 1 saturated heterocycles. The Morgan fingerprint density at radius 2 is 1.67 bits per heavy atom. The largest absolute Gasteiger partial charge is 0.444 e. The number of benzene rings is 1. The van der Waals surface area contributed by atoms with Crippen molar-refractivity contribution < 1.29 is 17.9 Å². The van der Waals surface area contributed by atoms with Gasteiger partial charge in [0.2, 0.25) is 10.0 Å². The standard InChI is InChI=1S/C17H24N2O4S/c1-17(2,3)23-16(20)18-10-12-19(13-11-18)24(21,22)14-9-15-7-5-4-6-8-15/h4-9,14H,10-13H2,1-3H3/b14-9+. The first-order chi connectivity index (χ1) is 11.2. The van der Waals surface area contributed by atoms with Crippen molar-refractivity contribution >= 4 is 22.2 Å². The van der Waals surface area contributed by atoms with Crippen molar-refractivity contribution in [3.05, 3.63) is 41.3 Å². The van der Waals surface area contributed by atoms with Crippen LogP contribution in [0.3, 0.4) is 0 Å². The molecule has 0 atom stereocenters. The number of carbonyl (C=O) groups is 1. The molecule has 24 heavy (non-hydrogen) atoms. The Bertz CT molecular complexity index is 685. The van der Waals surface area contributed by atoms with Crippen molar-refractivity contribution in [2.75, 3.05) is 26.2 Å². The predicted octanol–water partition coefficient (Wildman–Crippen LogP) is 2.54. The van der Waals surface area contributed by atoms with E-state index in [9.17, 15) is 13.2 Å². The maximum atomic E-state index is 12.4. The summed E-state index contributed by atoms with van der Waals surface area (Å²) in [6.45, 7) is 6.60. The zero-order valence-electron chi connectivity index (χ0n) is 14.3. The van der Waals surface area contributed by atoms with E-state index in [1.165, 1.54) is 14.6 Å². The Hall–Kier alpha value is -1.86. The molecule has 1 aliphatic rings. The van der Waals surface area contributed by atoms with Crippen LogP contribution in [0.1, 0.15) is 26.3 Å². The summed E-state index contributed by atoms with van der Waals surface area (Å²) in [6, 6.07) is 9.26. The Labute approximate surface area is 143 Å². The molecule has 0 aliphatic carbocycles. The van der Waals surface area contributed by atoms with Gasteiger partial charge in [-0.05, 0) is 32.4 Å². The van der Waals surface area contributed by atoms with Gasteiger partial charge in [0.05, 0.1) is 0 Å². The number of ether oxygens (including phenoxy) is 1. The van der Waals surface area contributed by atoms with E-state index in [1.807, 2.05) is 30.3 Å². The zero-order chi connectivity index (χ0) is 17.8. The van der Waals surface area contributed by atoms with Crippen LogP contribution in [0.5, 0.6) is 0 Å². The summed E-state index contributed by atoms with van der Waals surface area (Å²) < 4.78 is 31.4. The summed E-state index contributed by atoms with van der Waals surface area (Å²) in [4.78, 5) is 13.5. The second-order valence-corrected chi connectivity index (χ2v) is 8.44. The summed E-state index contributed by atoms with van der Waals surface area (Å²) in [5.41, 5.74) is 0.270. The van der Waals surface area contributed by atoms with Gasteiger partial charge in [0.25, 0.3) is 0 Å². The molecule has 1 aromatic carbocycles. The molecule has 132 valence electrons. The maximum Gasteiger partial charge on any atom is 0.410 e. The molecule has 0 N–H and O–H groups in total. The van der Waals surface area contributed by atoms with E-state index >= 15 is 0 Å². The van der Waals surface area contributed by atoms with Crippen molar-refractivity contribution in [1.29, 1.82) is 0 Å². The third kappa shape index (κ3) is 5.35. The van der Waals surface area contributed by atoms with Crippen molar-refractivity contribution in [2.24, 2.45) is 0 Å². The highest BCUT2D eigenvalue weighted by atomic mass is 32.2. The minimum Gasteiger partial charge on any atom is -0.444 e. The van der Waals surface area contributed by atoms with Gasteiger partial charge in [0, 0.05) is 31.6 Å². The van der Waals surface area contributed by atoms with Gasteiger partial charge in [-0.3, -0.25) is 0 Å². The molecule has 2 rings (SSSR count). The fraction of sp³-hybridized carbons (Fsp3) is 0.471. The molecule has 6 nitrogen and oxygen atoms in total. The maximum absolute atomic E-state index is 12.4. The van der Waals surface area contributed by atoms with Gasteiger partial charge in [0.1, 0.15) is 5.60 Å². The molecule has 1 aromatic rings. The highest BCUT2D eigenvalue weighted by molar-refractivity contribution is 7.92. The second-order valence-electron chi connectivity index (χ2n) is 6.62. The molecule has 7 heteroatoms. The zero-order valence-corrected chi connectivity index (χ0v) is 15.1. The highest BCUT2D eigenvalue weighted by Gasteiger charge is 2.29. The van der Waals surface area contributed by atoms with E-state index in [0.717, 1.165) is 5.56 Å². The molecule has 1 heterocycles. The smallest absolute Gasteiger partial charge is 0.410 e. The monoisotopic (exact) mass is 352 g/mol. The Kier molecular flexibility index (Phi) is 5.66. The fourth-order valence-electron chi connectivity index (χ4n) is 2.27.